The number of nitrogens with one attached hydrogen (secondary N) is 1. The number of methoxy groups -OCH3 is 1. The summed E-state index contributed by atoms with van der Waals surface area (Å²) in [6.07, 6.45) is 0. The van der Waals surface area contributed by atoms with Crippen LogP contribution in [0.3, 0.4) is 0 Å². The molecule has 1 N–H and O–H groups in total. The summed E-state index contributed by atoms with van der Waals surface area (Å²) < 4.78 is 32.3. The van der Waals surface area contributed by atoms with E-state index < -0.39 is 10.0 Å². The van der Waals surface area contributed by atoms with Gasteiger partial charge in [-0.1, -0.05) is 48.0 Å². The van der Waals surface area contributed by atoms with Crippen LogP contribution in [0.4, 0.5) is 0 Å². The fraction of sp³-hybridized carbons (Fsp3) is 0.208. The van der Waals surface area contributed by atoms with Gasteiger partial charge in [0.2, 0.25) is 10.0 Å². The monoisotopic (exact) mass is 438 g/mol. The quantitative estimate of drug-likeness (QED) is 0.581. The largest absolute Gasteiger partial charge is 0.496 e. The Balaban J connectivity index is 1.77. The van der Waals surface area contributed by atoms with Crippen molar-refractivity contribution in [2.24, 2.45) is 0 Å². The van der Waals surface area contributed by atoms with E-state index in [1.54, 1.807) is 48.5 Å². The van der Waals surface area contributed by atoms with Gasteiger partial charge in [0.05, 0.1) is 12.0 Å². The molecule has 162 valence electrons. The van der Waals surface area contributed by atoms with Crippen molar-refractivity contribution < 1.29 is 17.9 Å². The number of aryl methyl sites for hydroxylation is 1. The molecule has 1 amide bonds. The van der Waals surface area contributed by atoms with Gasteiger partial charge in [-0.05, 0) is 42.8 Å². The molecule has 3 rings (SSSR count). The van der Waals surface area contributed by atoms with Gasteiger partial charge in [-0.25, -0.2) is 8.42 Å². The fourth-order valence-corrected chi connectivity index (χ4v) is 4.30. The molecular weight excluding hydrogens is 412 g/mol. The van der Waals surface area contributed by atoms with Gasteiger partial charge < -0.3 is 10.1 Å². The van der Waals surface area contributed by atoms with E-state index in [4.69, 9.17) is 4.74 Å². The molecule has 7 heteroatoms. The van der Waals surface area contributed by atoms with Crippen LogP contribution in [0.25, 0.3) is 0 Å². The molecule has 0 heterocycles. The summed E-state index contributed by atoms with van der Waals surface area (Å²) >= 11 is 0. The summed E-state index contributed by atoms with van der Waals surface area (Å²) in [6.45, 7) is 2.48. The average Bonchev–Trinajstić information content (AvgIpc) is 2.79. The average molecular weight is 439 g/mol. The minimum atomic E-state index is -3.67. The normalized spacial score (nSPS) is 11.4. The number of ether oxygens (including phenoxy) is 1. The Bertz CT molecular complexity index is 1140. The van der Waals surface area contributed by atoms with Crippen LogP contribution in [0.5, 0.6) is 5.75 Å². The number of rotatable bonds is 8. The predicted molar refractivity (Wildman–Crippen MR) is 120 cm³/mol. The van der Waals surface area contributed by atoms with Crippen molar-refractivity contribution in [3.8, 4) is 5.75 Å². The van der Waals surface area contributed by atoms with Crippen molar-refractivity contribution in [3.63, 3.8) is 0 Å². The maximum absolute atomic E-state index is 12.8. The van der Waals surface area contributed by atoms with E-state index in [0.29, 0.717) is 23.4 Å². The van der Waals surface area contributed by atoms with Crippen molar-refractivity contribution >= 4 is 15.9 Å². The van der Waals surface area contributed by atoms with Gasteiger partial charge in [0.15, 0.2) is 0 Å². The number of benzene rings is 3. The van der Waals surface area contributed by atoms with Gasteiger partial charge in [-0.2, -0.15) is 4.31 Å². The first-order chi connectivity index (χ1) is 14.8. The summed E-state index contributed by atoms with van der Waals surface area (Å²) in [4.78, 5) is 12.9. The molecular formula is C24H26N2O4S. The summed E-state index contributed by atoms with van der Waals surface area (Å²) in [7, 11) is -0.646. The minimum absolute atomic E-state index is 0.0689. The Morgan fingerprint density at radius 2 is 1.68 bits per heavy atom. The zero-order valence-corrected chi connectivity index (χ0v) is 18.6. The van der Waals surface area contributed by atoms with Crippen LogP contribution in [-0.4, -0.2) is 32.8 Å². The Hall–Kier alpha value is -3.16. The lowest BCUT2D eigenvalue weighted by Gasteiger charge is -2.19. The summed E-state index contributed by atoms with van der Waals surface area (Å²) in [6, 6.07) is 21.2. The number of amides is 1. The van der Waals surface area contributed by atoms with E-state index in [9.17, 15) is 13.2 Å². The fourth-order valence-electron chi connectivity index (χ4n) is 3.13. The van der Waals surface area contributed by atoms with Gasteiger partial charge in [0.25, 0.3) is 5.91 Å². The SMILES string of the molecule is COc1ccc(C(=O)NCc2ccc(C)cc2)cc1CN(C)S(=O)(=O)c1ccccc1. The zero-order chi connectivity index (χ0) is 22.4. The number of carbonyl (C=O) groups excluding carboxylic acids is 1. The van der Waals surface area contributed by atoms with Gasteiger partial charge in [-0.15, -0.1) is 0 Å². The molecule has 0 aliphatic heterocycles. The first-order valence-corrected chi connectivity index (χ1v) is 11.3. The van der Waals surface area contributed by atoms with Crippen LogP contribution in [0.15, 0.2) is 77.7 Å². The molecule has 0 atom stereocenters. The highest BCUT2D eigenvalue weighted by Gasteiger charge is 2.22. The Morgan fingerprint density at radius 3 is 2.32 bits per heavy atom. The minimum Gasteiger partial charge on any atom is -0.496 e. The van der Waals surface area contributed by atoms with Crippen LogP contribution in [0.2, 0.25) is 0 Å². The van der Waals surface area contributed by atoms with Crippen LogP contribution in [-0.2, 0) is 23.1 Å². The van der Waals surface area contributed by atoms with E-state index in [2.05, 4.69) is 5.32 Å². The molecule has 0 aliphatic rings. The van der Waals surface area contributed by atoms with Gasteiger partial charge >= 0.3 is 0 Å². The van der Waals surface area contributed by atoms with E-state index in [-0.39, 0.29) is 17.3 Å². The molecule has 0 aliphatic carbocycles. The number of hydrogen-bond donors (Lipinski definition) is 1. The molecule has 3 aromatic rings. The maximum atomic E-state index is 12.8. The molecule has 6 nitrogen and oxygen atoms in total. The zero-order valence-electron chi connectivity index (χ0n) is 17.8. The highest BCUT2D eigenvalue weighted by molar-refractivity contribution is 7.89. The van der Waals surface area contributed by atoms with Crippen LogP contribution >= 0.6 is 0 Å². The second-order valence-corrected chi connectivity index (χ2v) is 9.31. The van der Waals surface area contributed by atoms with E-state index >= 15 is 0 Å². The molecule has 3 aromatic carbocycles. The standard InChI is InChI=1S/C24H26N2O4S/c1-18-9-11-19(12-10-18)16-25-24(27)20-13-14-23(30-3)21(15-20)17-26(2)31(28,29)22-7-5-4-6-8-22/h4-15H,16-17H2,1-3H3,(H,25,27). The lowest BCUT2D eigenvalue weighted by Crippen LogP contribution is -2.27. The van der Waals surface area contributed by atoms with Gasteiger partial charge in [0, 0.05) is 31.3 Å². The highest BCUT2D eigenvalue weighted by Crippen LogP contribution is 2.24. The molecule has 0 aromatic heterocycles. The number of carbonyl (C=O) groups is 1. The Labute approximate surface area is 183 Å². The smallest absolute Gasteiger partial charge is 0.251 e. The predicted octanol–water partition coefficient (Wildman–Crippen LogP) is 3.75. The third kappa shape index (κ3) is 5.51. The third-order valence-electron chi connectivity index (χ3n) is 4.96. The lowest BCUT2D eigenvalue weighted by molar-refractivity contribution is 0.0950. The molecule has 31 heavy (non-hydrogen) atoms. The molecule has 0 radical (unpaired) electrons. The summed E-state index contributed by atoms with van der Waals surface area (Å²) in [5.74, 6) is 0.281. The van der Waals surface area contributed by atoms with Crippen LogP contribution in [0.1, 0.15) is 27.0 Å². The van der Waals surface area contributed by atoms with Crippen molar-refractivity contribution in [1.29, 1.82) is 0 Å². The molecule has 0 bridgehead atoms. The number of nitrogens with zero attached hydrogens (tertiary/aromatic N) is 1. The van der Waals surface area contributed by atoms with E-state index in [1.165, 1.54) is 18.5 Å². The lowest BCUT2D eigenvalue weighted by atomic mass is 10.1. The van der Waals surface area contributed by atoms with Gasteiger partial charge in [0.1, 0.15) is 5.75 Å². The summed E-state index contributed by atoms with van der Waals surface area (Å²) in [5.41, 5.74) is 3.20. The Morgan fingerprint density at radius 1 is 1.00 bits per heavy atom. The first-order valence-electron chi connectivity index (χ1n) is 9.83. The topological polar surface area (TPSA) is 75.7 Å². The van der Waals surface area contributed by atoms with E-state index in [1.807, 2.05) is 31.2 Å². The van der Waals surface area contributed by atoms with Crippen molar-refractivity contribution in [2.45, 2.75) is 24.9 Å². The molecule has 0 unspecified atom stereocenters. The van der Waals surface area contributed by atoms with Crippen LogP contribution < -0.4 is 10.1 Å². The van der Waals surface area contributed by atoms with Crippen molar-refractivity contribution in [3.05, 3.63) is 95.1 Å². The summed E-state index contributed by atoms with van der Waals surface area (Å²) in [5, 5.41) is 2.90. The van der Waals surface area contributed by atoms with E-state index in [0.717, 1.165) is 11.1 Å². The maximum Gasteiger partial charge on any atom is 0.251 e. The highest BCUT2D eigenvalue weighted by atomic mass is 32.2. The second-order valence-electron chi connectivity index (χ2n) is 7.27. The number of sulfonamides is 1. The molecule has 0 saturated heterocycles. The molecule has 0 fully saturated rings. The van der Waals surface area contributed by atoms with Gasteiger partial charge in [-0.3, -0.25) is 4.79 Å². The Kier molecular flexibility index (Phi) is 7.09. The third-order valence-corrected chi connectivity index (χ3v) is 6.78. The first kappa shape index (κ1) is 22.5. The molecule has 0 saturated carbocycles. The van der Waals surface area contributed by atoms with Crippen LogP contribution in [0, 0.1) is 6.92 Å². The second kappa shape index (κ2) is 9.76. The van der Waals surface area contributed by atoms with Crippen molar-refractivity contribution in [2.75, 3.05) is 14.2 Å². The number of hydrogen-bond acceptors (Lipinski definition) is 4. The molecule has 0 spiro atoms. The van der Waals surface area contributed by atoms with Crippen molar-refractivity contribution in [1.82, 2.24) is 9.62 Å².